The molecule has 0 radical (unpaired) electrons. The third-order valence-corrected chi connectivity index (χ3v) is 7.23. The van der Waals surface area contributed by atoms with Crippen LogP contribution in [0.2, 0.25) is 0 Å². The van der Waals surface area contributed by atoms with Crippen LogP contribution >= 0.6 is 0 Å². The normalized spacial score (nSPS) is 15.7. The number of methoxy groups -OCH3 is 1. The van der Waals surface area contributed by atoms with Gasteiger partial charge in [0.05, 0.1) is 12.3 Å². The van der Waals surface area contributed by atoms with Crippen LogP contribution in [0.15, 0.2) is 29.4 Å². The quantitative estimate of drug-likeness (QED) is 0.618. The largest absolute Gasteiger partial charge is 0.489 e. The van der Waals surface area contributed by atoms with Gasteiger partial charge in [-0.3, -0.25) is 4.79 Å². The van der Waals surface area contributed by atoms with E-state index >= 15 is 0 Å². The Morgan fingerprint density at radius 3 is 2.55 bits per heavy atom. The van der Waals surface area contributed by atoms with Crippen LogP contribution in [0.5, 0.6) is 5.75 Å². The first-order valence-corrected chi connectivity index (χ1v) is 11.7. The van der Waals surface area contributed by atoms with Gasteiger partial charge in [0.25, 0.3) is 10.0 Å². The van der Waals surface area contributed by atoms with Gasteiger partial charge < -0.3 is 19.4 Å². The molecule has 9 nitrogen and oxygen atoms in total. The molecule has 0 bridgehead atoms. The molecule has 2 heterocycles. The minimum atomic E-state index is -3.66. The summed E-state index contributed by atoms with van der Waals surface area (Å²) in [5, 5.41) is 2.99. The maximum absolute atomic E-state index is 12.8. The number of benzene rings is 1. The average Bonchev–Trinajstić information content (AvgIpc) is 3.09. The van der Waals surface area contributed by atoms with Crippen molar-refractivity contribution in [1.82, 2.24) is 13.9 Å². The van der Waals surface area contributed by atoms with Crippen LogP contribution in [0.25, 0.3) is 0 Å². The second-order valence-electron chi connectivity index (χ2n) is 7.75. The average molecular weight is 451 g/mol. The summed E-state index contributed by atoms with van der Waals surface area (Å²) < 4.78 is 39.5. The fourth-order valence-electron chi connectivity index (χ4n) is 3.46. The van der Waals surface area contributed by atoms with Gasteiger partial charge >= 0.3 is 0 Å². The lowest BCUT2D eigenvalue weighted by Crippen LogP contribution is -2.41. The molecule has 1 aromatic heterocycles. The van der Waals surface area contributed by atoms with E-state index in [1.54, 1.807) is 25.6 Å². The number of carbonyl (C=O) groups is 1. The number of ether oxygens (including phenoxy) is 2. The molecule has 1 aromatic carbocycles. The molecular formula is C21H30N4O5S. The molecule has 10 heteroatoms. The van der Waals surface area contributed by atoms with Crippen molar-refractivity contribution in [2.45, 2.75) is 31.7 Å². The number of imidazole rings is 1. The summed E-state index contributed by atoms with van der Waals surface area (Å²) in [6.07, 6.45) is 2.41. The van der Waals surface area contributed by atoms with Crippen LogP contribution in [0.1, 0.15) is 24.2 Å². The molecular weight excluding hydrogens is 420 g/mol. The highest BCUT2D eigenvalue weighted by Crippen LogP contribution is 2.29. The number of sulfonamides is 1. The fraction of sp³-hybridized carbons (Fsp3) is 0.524. The Kier molecular flexibility index (Phi) is 7.34. The van der Waals surface area contributed by atoms with Crippen LogP contribution < -0.4 is 10.1 Å². The van der Waals surface area contributed by atoms with E-state index in [0.717, 1.165) is 5.56 Å². The van der Waals surface area contributed by atoms with E-state index in [9.17, 15) is 13.2 Å². The number of aryl methyl sites for hydroxylation is 3. The number of nitrogens with one attached hydrogen (secondary N) is 1. The number of nitrogens with zero attached hydrogens (tertiary/aromatic N) is 3. The van der Waals surface area contributed by atoms with Crippen molar-refractivity contribution in [1.29, 1.82) is 0 Å². The van der Waals surface area contributed by atoms with Crippen LogP contribution in [0.4, 0.5) is 5.69 Å². The molecule has 1 N–H and O–H groups in total. The third kappa shape index (κ3) is 5.44. The zero-order chi connectivity index (χ0) is 22.6. The molecule has 0 saturated carbocycles. The van der Waals surface area contributed by atoms with E-state index in [2.05, 4.69) is 10.3 Å². The van der Waals surface area contributed by atoms with Crippen molar-refractivity contribution in [3.63, 3.8) is 0 Å². The van der Waals surface area contributed by atoms with Gasteiger partial charge in [-0.05, 0) is 44.4 Å². The lowest BCUT2D eigenvalue weighted by molar-refractivity contribution is -0.120. The smallest absolute Gasteiger partial charge is 0.262 e. The summed E-state index contributed by atoms with van der Waals surface area (Å²) in [6, 6.07) is 5.59. The third-order valence-electron chi connectivity index (χ3n) is 5.46. The summed E-state index contributed by atoms with van der Waals surface area (Å²) in [5.74, 6) is 0.821. The highest BCUT2D eigenvalue weighted by molar-refractivity contribution is 7.89. The van der Waals surface area contributed by atoms with Crippen molar-refractivity contribution in [2.75, 3.05) is 38.7 Å². The zero-order valence-electron chi connectivity index (χ0n) is 18.4. The highest BCUT2D eigenvalue weighted by Gasteiger charge is 2.33. The molecule has 170 valence electrons. The Bertz CT molecular complexity index is 1010. The van der Waals surface area contributed by atoms with Crippen LogP contribution in [-0.2, 0) is 26.6 Å². The molecule has 1 amide bonds. The summed E-state index contributed by atoms with van der Waals surface area (Å²) >= 11 is 0. The predicted octanol–water partition coefficient (Wildman–Crippen LogP) is 2.10. The minimum absolute atomic E-state index is 0.0490. The summed E-state index contributed by atoms with van der Waals surface area (Å²) in [4.78, 5) is 17.0. The van der Waals surface area contributed by atoms with Crippen LogP contribution in [0, 0.1) is 19.8 Å². The van der Waals surface area contributed by atoms with Gasteiger partial charge in [0.2, 0.25) is 5.91 Å². The van der Waals surface area contributed by atoms with Crippen LogP contribution in [-0.4, -0.2) is 61.6 Å². The monoisotopic (exact) mass is 450 g/mol. The molecule has 1 aliphatic rings. The number of piperidine rings is 1. The molecule has 1 aliphatic heterocycles. The number of rotatable bonds is 8. The molecule has 0 aliphatic carbocycles. The number of amides is 1. The molecule has 2 aromatic rings. The highest BCUT2D eigenvalue weighted by atomic mass is 32.2. The molecule has 1 saturated heterocycles. The summed E-state index contributed by atoms with van der Waals surface area (Å²) in [5.41, 5.74) is 1.62. The van der Waals surface area contributed by atoms with E-state index in [-0.39, 0.29) is 29.9 Å². The van der Waals surface area contributed by atoms with Crippen molar-refractivity contribution < 1.29 is 22.7 Å². The lowest BCUT2D eigenvalue weighted by Gasteiger charge is -2.30. The fourth-order valence-corrected chi connectivity index (χ4v) is 4.96. The molecule has 1 fully saturated rings. The molecule has 0 spiro atoms. The predicted molar refractivity (Wildman–Crippen MR) is 117 cm³/mol. The first-order chi connectivity index (χ1) is 14.7. The number of hydrogen-bond donors (Lipinski definition) is 1. The van der Waals surface area contributed by atoms with Crippen molar-refractivity contribution in [3.05, 3.63) is 35.8 Å². The first-order valence-electron chi connectivity index (χ1n) is 10.3. The summed E-state index contributed by atoms with van der Waals surface area (Å²) in [6.45, 7) is 5.10. The van der Waals surface area contributed by atoms with E-state index in [4.69, 9.17) is 9.47 Å². The van der Waals surface area contributed by atoms with Crippen molar-refractivity contribution >= 4 is 21.6 Å². The van der Waals surface area contributed by atoms with Gasteiger partial charge in [0, 0.05) is 39.4 Å². The second kappa shape index (κ2) is 9.80. The summed E-state index contributed by atoms with van der Waals surface area (Å²) in [7, 11) is -0.297. The molecule has 31 heavy (non-hydrogen) atoms. The number of carbonyl (C=O) groups excluding carboxylic acids is 1. The minimum Gasteiger partial charge on any atom is -0.489 e. The number of anilines is 1. The molecule has 0 unspecified atom stereocenters. The Balaban J connectivity index is 1.62. The van der Waals surface area contributed by atoms with E-state index in [1.807, 2.05) is 25.1 Å². The molecule has 0 atom stereocenters. The standard InChI is InChI=1S/C21H30N4O5S/c1-15-5-6-18(19(13-15)30-12-11-29-4)23-21(26)17-7-9-25(10-8-17)31(27,28)20-14-24(3)16(2)22-20/h5-6,13-14,17H,7-12H2,1-4H3,(H,23,26). The Morgan fingerprint density at radius 2 is 1.94 bits per heavy atom. The van der Waals surface area contributed by atoms with Gasteiger partial charge in [-0.15, -0.1) is 0 Å². The Hall–Kier alpha value is -2.43. The van der Waals surface area contributed by atoms with Gasteiger partial charge in [-0.2, -0.15) is 4.31 Å². The van der Waals surface area contributed by atoms with E-state index < -0.39 is 10.0 Å². The SMILES string of the molecule is COCCOc1cc(C)ccc1NC(=O)C1CCN(S(=O)(=O)c2cn(C)c(C)n2)CC1. The van der Waals surface area contributed by atoms with Crippen molar-refractivity contribution in [3.8, 4) is 5.75 Å². The Labute approximate surface area is 183 Å². The first kappa shape index (κ1) is 23.2. The van der Waals surface area contributed by atoms with Gasteiger partial charge in [0.15, 0.2) is 5.03 Å². The zero-order valence-corrected chi connectivity index (χ0v) is 19.2. The van der Waals surface area contributed by atoms with Crippen LogP contribution in [0.3, 0.4) is 0 Å². The van der Waals surface area contributed by atoms with Gasteiger partial charge in [-0.1, -0.05) is 6.07 Å². The van der Waals surface area contributed by atoms with E-state index in [0.29, 0.717) is 43.3 Å². The topological polar surface area (TPSA) is 103 Å². The van der Waals surface area contributed by atoms with Gasteiger partial charge in [-0.25, -0.2) is 13.4 Å². The maximum atomic E-state index is 12.8. The molecule has 3 rings (SSSR count). The lowest BCUT2D eigenvalue weighted by atomic mass is 9.97. The van der Waals surface area contributed by atoms with Gasteiger partial charge in [0.1, 0.15) is 18.2 Å². The number of aromatic nitrogens is 2. The second-order valence-corrected chi connectivity index (χ2v) is 9.63. The Morgan fingerprint density at radius 1 is 1.23 bits per heavy atom. The maximum Gasteiger partial charge on any atom is 0.262 e. The number of hydrogen-bond acceptors (Lipinski definition) is 6. The van der Waals surface area contributed by atoms with Crippen molar-refractivity contribution in [2.24, 2.45) is 13.0 Å². The van der Waals surface area contributed by atoms with E-state index in [1.165, 1.54) is 10.5 Å².